The first-order valence-electron chi connectivity index (χ1n) is 10.3. The van der Waals surface area contributed by atoms with Crippen molar-refractivity contribution in [1.82, 2.24) is 9.29 Å². The number of rotatable bonds is 3. The normalized spacial score (nSPS) is 22.6. The van der Waals surface area contributed by atoms with E-state index >= 15 is 0 Å². The lowest BCUT2D eigenvalue weighted by molar-refractivity contribution is 0.0986. The Balaban J connectivity index is 1.57. The van der Waals surface area contributed by atoms with E-state index in [2.05, 4.69) is 23.7 Å². The van der Waals surface area contributed by atoms with Gasteiger partial charge in [-0.25, -0.2) is 8.42 Å². The summed E-state index contributed by atoms with van der Waals surface area (Å²) in [6.07, 6.45) is 4.45. The van der Waals surface area contributed by atoms with Crippen LogP contribution in [-0.2, 0) is 10.0 Å². The summed E-state index contributed by atoms with van der Waals surface area (Å²) in [5.74, 6) is 0.534. The summed E-state index contributed by atoms with van der Waals surface area (Å²) in [4.78, 5) is 21.3. The van der Waals surface area contributed by atoms with Gasteiger partial charge < -0.3 is 9.80 Å². The number of hydrogen-bond acceptors (Lipinski definition) is 5. The highest BCUT2D eigenvalue weighted by atomic mass is 32.2. The third-order valence-electron chi connectivity index (χ3n) is 5.96. The highest BCUT2D eigenvalue weighted by Crippen LogP contribution is 2.32. The number of sulfonamides is 1. The zero-order valence-electron chi connectivity index (χ0n) is 17.7. The Labute approximate surface area is 178 Å². The van der Waals surface area contributed by atoms with Crippen LogP contribution in [0.4, 0.5) is 11.4 Å². The van der Waals surface area contributed by atoms with E-state index in [9.17, 15) is 13.2 Å². The lowest BCUT2D eigenvalue weighted by Crippen LogP contribution is -2.43. The molecule has 0 saturated carbocycles. The molecule has 0 aliphatic carbocycles. The first-order valence-corrected chi connectivity index (χ1v) is 11.8. The molecule has 0 unspecified atom stereocenters. The van der Waals surface area contributed by atoms with Gasteiger partial charge in [0.15, 0.2) is 0 Å². The first-order chi connectivity index (χ1) is 14.3. The number of hydrogen-bond donors (Lipinski definition) is 0. The van der Waals surface area contributed by atoms with Crippen LogP contribution in [0.15, 0.2) is 47.6 Å². The smallest absolute Gasteiger partial charge is 0.258 e. The van der Waals surface area contributed by atoms with Gasteiger partial charge in [-0.3, -0.25) is 9.78 Å². The van der Waals surface area contributed by atoms with E-state index in [4.69, 9.17) is 0 Å². The van der Waals surface area contributed by atoms with E-state index in [0.717, 1.165) is 24.3 Å². The quantitative estimate of drug-likeness (QED) is 0.752. The summed E-state index contributed by atoms with van der Waals surface area (Å²) in [6.45, 7) is 6.53. The Morgan fingerprint density at radius 2 is 1.67 bits per heavy atom. The first kappa shape index (κ1) is 20.8. The minimum Gasteiger partial charge on any atom is -0.371 e. The SMILES string of the molecule is C[C@@H]1C[C@@H](C)CN(S(=O)(=O)c2ccc(C(=O)N3CCN(C)c4ccncc43)cc2)C1. The van der Waals surface area contributed by atoms with Crippen LogP contribution in [0.1, 0.15) is 30.6 Å². The van der Waals surface area contributed by atoms with Crippen LogP contribution in [0.5, 0.6) is 0 Å². The van der Waals surface area contributed by atoms with Gasteiger partial charge in [0, 0.05) is 45.0 Å². The minimum atomic E-state index is -3.56. The third kappa shape index (κ3) is 3.81. The van der Waals surface area contributed by atoms with Crippen molar-refractivity contribution < 1.29 is 13.2 Å². The molecule has 0 bridgehead atoms. The molecule has 30 heavy (non-hydrogen) atoms. The zero-order chi connectivity index (χ0) is 21.5. The summed E-state index contributed by atoms with van der Waals surface area (Å²) in [6, 6.07) is 8.21. The monoisotopic (exact) mass is 428 g/mol. The van der Waals surface area contributed by atoms with Crippen molar-refractivity contribution in [1.29, 1.82) is 0 Å². The van der Waals surface area contributed by atoms with Crippen LogP contribution in [0.3, 0.4) is 0 Å². The largest absolute Gasteiger partial charge is 0.371 e. The van der Waals surface area contributed by atoms with Crippen LogP contribution in [-0.4, -0.2) is 56.8 Å². The predicted molar refractivity (Wildman–Crippen MR) is 117 cm³/mol. The maximum absolute atomic E-state index is 13.1. The van der Waals surface area contributed by atoms with Gasteiger partial charge >= 0.3 is 0 Å². The standard InChI is InChI=1S/C22H28N4O3S/c1-16-12-17(2)15-25(14-16)30(28,29)19-6-4-18(5-7-19)22(27)26-11-10-24(3)20-8-9-23-13-21(20)26/h4-9,13,16-17H,10-12,14-15H2,1-3H3/t16-,17-/m1/s1. The van der Waals surface area contributed by atoms with Crippen molar-refractivity contribution >= 4 is 27.3 Å². The number of fused-ring (bicyclic) bond motifs is 1. The molecule has 4 rings (SSSR count). The van der Waals surface area contributed by atoms with Gasteiger partial charge in [0.05, 0.1) is 22.5 Å². The number of likely N-dealkylation sites (N-methyl/N-ethyl adjacent to an activating group) is 1. The number of pyridine rings is 1. The van der Waals surface area contributed by atoms with Gasteiger partial charge in [0.1, 0.15) is 0 Å². The zero-order valence-corrected chi connectivity index (χ0v) is 18.5. The van der Waals surface area contributed by atoms with Crippen molar-refractivity contribution in [3.8, 4) is 0 Å². The Hall–Kier alpha value is -2.45. The van der Waals surface area contributed by atoms with Crippen molar-refractivity contribution in [3.05, 3.63) is 48.3 Å². The van der Waals surface area contributed by atoms with Crippen LogP contribution in [0.25, 0.3) is 0 Å². The number of carbonyl (C=O) groups is 1. The Morgan fingerprint density at radius 3 is 2.33 bits per heavy atom. The van der Waals surface area contributed by atoms with E-state index in [0.29, 0.717) is 37.0 Å². The highest BCUT2D eigenvalue weighted by Gasteiger charge is 2.32. The van der Waals surface area contributed by atoms with Crippen molar-refractivity contribution in [2.24, 2.45) is 11.8 Å². The molecule has 1 amide bonds. The summed E-state index contributed by atoms with van der Waals surface area (Å²) in [7, 11) is -1.57. The Bertz CT molecular complexity index is 1030. The average molecular weight is 429 g/mol. The third-order valence-corrected chi connectivity index (χ3v) is 7.80. The molecule has 2 atom stereocenters. The highest BCUT2D eigenvalue weighted by molar-refractivity contribution is 7.89. The number of anilines is 2. The Morgan fingerprint density at radius 1 is 1.00 bits per heavy atom. The maximum Gasteiger partial charge on any atom is 0.258 e. The number of nitrogens with zero attached hydrogens (tertiary/aromatic N) is 4. The minimum absolute atomic E-state index is 0.151. The molecule has 3 heterocycles. The summed E-state index contributed by atoms with van der Waals surface area (Å²) in [5.41, 5.74) is 2.19. The molecule has 160 valence electrons. The summed E-state index contributed by atoms with van der Waals surface area (Å²) >= 11 is 0. The number of amides is 1. The number of benzene rings is 1. The molecule has 2 aliphatic rings. The van der Waals surface area contributed by atoms with Gasteiger partial charge in [0.25, 0.3) is 5.91 Å². The van der Waals surface area contributed by atoms with E-state index in [1.807, 2.05) is 13.1 Å². The van der Waals surface area contributed by atoms with E-state index in [1.54, 1.807) is 45.9 Å². The number of piperidine rings is 1. The van der Waals surface area contributed by atoms with Gasteiger partial charge in [-0.1, -0.05) is 13.8 Å². The lowest BCUT2D eigenvalue weighted by atomic mass is 9.94. The van der Waals surface area contributed by atoms with Gasteiger partial charge in [-0.15, -0.1) is 0 Å². The van der Waals surface area contributed by atoms with Crippen molar-refractivity contribution in [2.45, 2.75) is 25.2 Å². The molecule has 1 fully saturated rings. The fraction of sp³-hybridized carbons (Fsp3) is 0.455. The molecule has 0 radical (unpaired) electrons. The number of carbonyl (C=O) groups excluding carboxylic acids is 1. The van der Waals surface area contributed by atoms with Gasteiger partial charge in [-0.2, -0.15) is 4.31 Å². The van der Waals surface area contributed by atoms with Crippen LogP contribution < -0.4 is 9.80 Å². The lowest BCUT2D eigenvalue weighted by Gasteiger charge is -2.35. The average Bonchev–Trinajstić information content (AvgIpc) is 2.73. The van der Waals surface area contributed by atoms with Crippen LogP contribution >= 0.6 is 0 Å². The number of aromatic nitrogens is 1. The van der Waals surface area contributed by atoms with Crippen LogP contribution in [0, 0.1) is 11.8 Å². The Kier molecular flexibility index (Phi) is 5.55. The molecule has 1 aromatic heterocycles. The molecule has 8 heteroatoms. The van der Waals surface area contributed by atoms with Gasteiger partial charge in [0.2, 0.25) is 10.0 Å². The fourth-order valence-corrected chi connectivity index (χ4v) is 6.17. The van der Waals surface area contributed by atoms with Crippen molar-refractivity contribution in [3.63, 3.8) is 0 Å². The molecule has 2 aliphatic heterocycles. The van der Waals surface area contributed by atoms with E-state index in [1.165, 1.54) is 0 Å². The predicted octanol–water partition coefficient (Wildman–Crippen LogP) is 2.84. The molecule has 1 saturated heterocycles. The maximum atomic E-state index is 13.1. The fourth-order valence-electron chi connectivity index (χ4n) is 4.49. The van der Waals surface area contributed by atoms with E-state index < -0.39 is 10.0 Å². The second-order valence-corrected chi connectivity index (χ2v) is 10.5. The molecule has 2 aromatic rings. The molecule has 0 N–H and O–H groups in total. The molecule has 0 spiro atoms. The second kappa shape index (κ2) is 8.00. The summed E-state index contributed by atoms with van der Waals surface area (Å²) in [5, 5.41) is 0. The second-order valence-electron chi connectivity index (χ2n) is 8.54. The molecule has 7 nitrogen and oxygen atoms in total. The van der Waals surface area contributed by atoms with E-state index in [-0.39, 0.29) is 10.8 Å². The topological polar surface area (TPSA) is 73.8 Å². The molecular formula is C22H28N4O3S. The van der Waals surface area contributed by atoms with Crippen molar-refractivity contribution in [2.75, 3.05) is 43.0 Å². The molecule has 1 aromatic carbocycles. The van der Waals surface area contributed by atoms with Gasteiger partial charge in [-0.05, 0) is 48.6 Å². The molecular weight excluding hydrogens is 400 g/mol. The summed E-state index contributed by atoms with van der Waals surface area (Å²) < 4.78 is 27.7. The van der Waals surface area contributed by atoms with Crippen LogP contribution in [0.2, 0.25) is 0 Å².